The number of rotatable bonds is 10. The molecule has 8 nitrogen and oxygen atoms in total. The minimum Gasteiger partial charge on any atom is -0.493 e. The number of hydrogen-bond donors (Lipinski definition) is 2. The van der Waals surface area contributed by atoms with Crippen molar-refractivity contribution in [2.45, 2.75) is 26.4 Å². The molecule has 1 aromatic carbocycles. The Morgan fingerprint density at radius 3 is 2.03 bits per heavy atom. The summed E-state index contributed by atoms with van der Waals surface area (Å²) < 4.78 is 21.6. The number of amides is 2. The molecule has 0 spiro atoms. The van der Waals surface area contributed by atoms with Crippen molar-refractivity contribution in [3.8, 4) is 11.5 Å². The monoisotopic (exact) mass is 426 g/mol. The molecule has 3 rings (SSSR count). The van der Waals surface area contributed by atoms with E-state index in [4.69, 9.17) is 18.3 Å². The van der Waals surface area contributed by atoms with Crippen molar-refractivity contribution in [1.29, 1.82) is 0 Å². The summed E-state index contributed by atoms with van der Waals surface area (Å²) in [5.74, 6) is 0.877. The van der Waals surface area contributed by atoms with Crippen molar-refractivity contribution in [1.82, 2.24) is 10.6 Å². The van der Waals surface area contributed by atoms with Gasteiger partial charge in [0.2, 0.25) is 0 Å². The minimum atomic E-state index is -0.867. The number of methoxy groups -OCH3 is 1. The first-order valence-corrected chi connectivity index (χ1v) is 9.97. The number of nitrogens with one attached hydrogen (secondary N) is 2. The number of hydrogen-bond acceptors (Lipinski definition) is 6. The van der Waals surface area contributed by atoms with E-state index in [2.05, 4.69) is 24.5 Å². The quantitative estimate of drug-likeness (QED) is 0.472. The third kappa shape index (κ3) is 5.91. The van der Waals surface area contributed by atoms with Crippen molar-refractivity contribution < 1.29 is 27.9 Å². The molecule has 0 saturated heterocycles. The molecule has 3 aromatic rings. The van der Waals surface area contributed by atoms with Gasteiger partial charge in [-0.25, -0.2) is 0 Å². The molecular formula is C23H26N2O6. The Kier molecular flexibility index (Phi) is 7.37. The lowest BCUT2D eigenvalue weighted by atomic mass is 10.1. The van der Waals surface area contributed by atoms with Crippen LogP contribution in [0.15, 0.2) is 63.8 Å². The molecule has 0 bridgehead atoms. The first-order chi connectivity index (χ1) is 15.0. The molecule has 0 radical (unpaired) electrons. The van der Waals surface area contributed by atoms with Gasteiger partial charge in [-0.05, 0) is 54.3 Å². The molecule has 2 heterocycles. The third-order valence-corrected chi connectivity index (χ3v) is 4.51. The summed E-state index contributed by atoms with van der Waals surface area (Å²) in [6.45, 7) is 4.80. The Morgan fingerprint density at radius 1 is 0.935 bits per heavy atom. The van der Waals surface area contributed by atoms with E-state index in [-0.39, 0.29) is 11.5 Å². The second kappa shape index (κ2) is 10.4. The molecule has 2 aromatic heterocycles. The highest BCUT2D eigenvalue weighted by Crippen LogP contribution is 2.30. The van der Waals surface area contributed by atoms with Gasteiger partial charge in [0.25, 0.3) is 11.8 Å². The second-order valence-electron chi connectivity index (χ2n) is 7.28. The van der Waals surface area contributed by atoms with E-state index in [1.165, 1.54) is 31.8 Å². The van der Waals surface area contributed by atoms with Gasteiger partial charge in [0.15, 0.2) is 23.0 Å². The molecule has 8 heteroatoms. The van der Waals surface area contributed by atoms with Crippen LogP contribution in [0.2, 0.25) is 0 Å². The molecule has 2 amide bonds. The normalized spacial score (nSPS) is 10.9. The van der Waals surface area contributed by atoms with Gasteiger partial charge in [0.05, 0.1) is 26.2 Å². The summed E-state index contributed by atoms with van der Waals surface area (Å²) in [6, 6.07) is 11.5. The van der Waals surface area contributed by atoms with Crippen LogP contribution in [0, 0.1) is 5.92 Å². The maximum absolute atomic E-state index is 12.5. The maximum atomic E-state index is 12.5. The van der Waals surface area contributed by atoms with Crippen LogP contribution in [-0.2, 0) is 0 Å². The smallest absolute Gasteiger partial charge is 0.288 e. The highest BCUT2D eigenvalue weighted by molar-refractivity contribution is 5.94. The molecule has 0 saturated carbocycles. The van der Waals surface area contributed by atoms with Gasteiger partial charge in [0, 0.05) is 0 Å². The standard InChI is InChI=1S/C23H26N2O6/c1-15(2)10-13-31-17-9-8-16(14-20(17)28-3)21(24-22(26)18-6-4-11-29-18)25-23(27)19-7-5-12-30-19/h4-9,11-12,14-15,21H,10,13H2,1-3H3,(H,24,26)(H,25,27). The zero-order valence-electron chi connectivity index (χ0n) is 17.7. The summed E-state index contributed by atoms with van der Waals surface area (Å²) in [5.41, 5.74) is 0.591. The second-order valence-corrected chi connectivity index (χ2v) is 7.28. The highest BCUT2D eigenvalue weighted by atomic mass is 16.5. The van der Waals surface area contributed by atoms with E-state index in [0.717, 1.165) is 6.42 Å². The van der Waals surface area contributed by atoms with Crippen molar-refractivity contribution >= 4 is 11.8 Å². The van der Waals surface area contributed by atoms with Gasteiger partial charge in [0.1, 0.15) is 6.17 Å². The summed E-state index contributed by atoms with van der Waals surface area (Å²) >= 11 is 0. The summed E-state index contributed by atoms with van der Waals surface area (Å²) in [7, 11) is 1.53. The van der Waals surface area contributed by atoms with Crippen molar-refractivity contribution in [2.75, 3.05) is 13.7 Å². The van der Waals surface area contributed by atoms with Crippen LogP contribution >= 0.6 is 0 Å². The topological polar surface area (TPSA) is 103 Å². The molecule has 0 unspecified atom stereocenters. The molecule has 0 fully saturated rings. The van der Waals surface area contributed by atoms with Gasteiger partial charge in [-0.1, -0.05) is 19.9 Å². The number of carbonyl (C=O) groups excluding carboxylic acids is 2. The fourth-order valence-corrected chi connectivity index (χ4v) is 2.81. The van der Waals surface area contributed by atoms with Crippen LogP contribution in [0.25, 0.3) is 0 Å². The van der Waals surface area contributed by atoms with E-state index in [1.54, 1.807) is 30.3 Å². The van der Waals surface area contributed by atoms with Gasteiger partial charge in [-0.15, -0.1) is 0 Å². The van der Waals surface area contributed by atoms with Crippen LogP contribution in [0.3, 0.4) is 0 Å². The fourth-order valence-electron chi connectivity index (χ4n) is 2.81. The number of furan rings is 2. The number of benzene rings is 1. The molecule has 2 N–H and O–H groups in total. The first kappa shape index (κ1) is 22.0. The van der Waals surface area contributed by atoms with Gasteiger partial charge in [-0.2, -0.15) is 0 Å². The Morgan fingerprint density at radius 2 is 1.55 bits per heavy atom. The minimum absolute atomic E-state index is 0.123. The lowest BCUT2D eigenvalue weighted by Gasteiger charge is -2.21. The lowest BCUT2D eigenvalue weighted by molar-refractivity contribution is 0.0853. The molecule has 0 aliphatic carbocycles. The predicted molar refractivity (Wildman–Crippen MR) is 113 cm³/mol. The number of carbonyl (C=O) groups is 2. The van der Waals surface area contributed by atoms with Crippen LogP contribution in [0.4, 0.5) is 0 Å². The fraction of sp³-hybridized carbons (Fsp3) is 0.304. The van der Waals surface area contributed by atoms with Crippen molar-refractivity contribution in [3.63, 3.8) is 0 Å². The van der Waals surface area contributed by atoms with Gasteiger partial charge >= 0.3 is 0 Å². The lowest BCUT2D eigenvalue weighted by Crippen LogP contribution is -2.41. The summed E-state index contributed by atoms with van der Waals surface area (Å²) in [5, 5.41) is 5.51. The average Bonchev–Trinajstić information content (AvgIpc) is 3.47. The first-order valence-electron chi connectivity index (χ1n) is 9.97. The zero-order chi connectivity index (χ0) is 22.2. The van der Waals surface area contributed by atoms with Crippen molar-refractivity contribution in [3.05, 3.63) is 72.1 Å². The van der Waals surface area contributed by atoms with E-state index in [9.17, 15) is 9.59 Å². The Labute approximate surface area is 180 Å². The molecule has 0 atom stereocenters. The van der Waals surface area contributed by atoms with E-state index in [1.807, 2.05) is 0 Å². The molecule has 164 valence electrons. The van der Waals surface area contributed by atoms with Crippen molar-refractivity contribution in [2.24, 2.45) is 5.92 Å². The third-order valence-electron chi connectivity index (χ3n) is 4.51. The zero-order valence-corrected chi connectivity index (χ0v) is 17.7. The summed E-state index contributed by atoms with van der Waals surface area (Å²) in [6.07, 6.45) is 2.84. The van der Waals surface area contributed by atoms with Gasteiger partial charge < -0.3 is 28.9 Å². The molecule has 0 aliphatic rings. The van der Waals surface area contributed by atoms with Crippen LogP contribution < -0.4 is 20.1 Å². The SMILES string of the molecule is COc1cc(C(NC(=O)c2ccco2)NC(=O)c2ccco2)ccc1OCCC(C)C. The van der Waals surface area contributed by atoms with Crippen LogP contribution in [0.1, 0.15) is 53.1 Å². The van der Waals surface area contributed by atoms with E-state index in [0.29, 0.717) is 29.6 Å². The predicted octanol–water partition coefficient (Wildman–Crippen LogP) is 4.16. The largest absolute Gasteiger partial charge is 0.493 e. The summed E-state index contributed by atoms with van der Waals surface area (Å²) in [4.78, 5) is 25.1. The maximum Gasteiger partial charge on any atom is 0.288 e. The molecule has 31 heavy (non-hydrogen) atoms. The van der Waals surface area contributed by atoms with Crippen LogP contribution in [0.5, 0.6) is 11.5 Å². The average molecular weight is 426 g/mol. The Bertz CT molecular complexity index is 931. The van der Waals surface area contributed by atoms with Crippen LogP contribution in [-0.4, -0.2) is 25.5 Å². The molecule has 0 aliphatic heterocycles. The van der Waals surface area contributed by atoms with E-state index < -0.39 is 18.0 Å². The molecular weight excluding hydrogens is 400 g/mol. The number of ether oxygens (including phenoxy) is 2. The van der Waals surface area contributed by atoms with E-state index >= 15 is 0 Å². The van der Waals surface area contributed by atoms with Gasteiger partial charge in [-0.3, -0.25) is 9.59 Å². The highest BCUT2D eigenvalue weighted by Gasteiger charge is 2.22. The Balaban J connectivity index is 1.82. The Hall–Kier alpha value is -3.68.